The van der Waals surface area contributed by atoms with Crippen molar-refractivity contribution in [3.8, 4) is 0 Å². The first-order valence-corrected chi connectivity index (χ1v) is 8.98. The fraction of sp³-hybridized carbons (Fsp3) is 0.389. The van der Waals surface area contributed by atoms with Gasteiger partial charge in [0.2, 0.25) is 5.17 Å². The number of nitrogens with zero attached hydrogens (tertiary/aromatic N) is 3. The third-order valence-corrected chi connectivity index (χ3v) is 3.83. The predicted molar refractivity (Wildman–Crippen MR) is 107 cm³/mol. The summed E-state index contributed by atoms with van der Waals surface area (Å²) in [5.74, 6) is 6.55. The van der Waals surface area contributed by atoms with Crippen LogP contribution in [0.3, 0.4) is 0 Å². The van der Waals surface area contributed by atoms with Gasteiger partial charge in [0.05, 0.1) is 5.69 Å². The Balaban J connectivity index is 2.41. The number of carbonyl (C=O) groups excluding carboxylic acids is 1. The third kappa shape index (κ3) is 9.07. The highest BCUT2D eigenvalue weighted by Gasteiger charge is 2.13. The predicted octanol–water partition coefficient (Wildman–Crippen LogP) is 3.75. The van der Waals surface area contributed by atoms with Crippen LogP contribution in [0.15, 0.2) is 52.7 Å². The Morgan fingerprint density at radius 2 is 2.04 bits per heavy atom. The van der Waals surface area contributed by atoms with E-state index in [0.717, 1.165) is 24.3 Å². The molecule has 25 heavy (non-hydrogen) atoms. The monoisotopic (exact) mass is 362 g/mol. The number of amidine groups is 1. The Kier molecular flexibility index (Phi) is 8.94. The summed E-state index contributed by atoms with van der Waals surface area (Å²) >= 11 is 1.49. The molecule has 0 bridgehead atoms. The quantitative estimate of drug-likeness (QED) is 0.152. The molecule has 1 aromatic carbocycles. The van der Waals surface area contributed by atoms with E-state index in [2.05, 4.69) is 16.9 Å². The first kappa shape index (κ1) is 20.9. The van der Waals surface area contributed by atoms with Crippen LogP contribution < -0.4 is 10.9 Å². The number of ether oxygens (including phenoxy) is 1. The number of hydrogen-bond acceptors (Lipinski definition) is 6. The van der Waals surface area contributed by atoms with E-state index in [0.29, 0.717) is 5.17 Å². The maximum absolute atomic E-state index is 11.6. The lowest BCUT2D eigenvalue weighted by Crippen LogP contribution is -2.35. The molecule has 136 valence electrons. The summed E-state index contributed by atoms with van der Waals surface area (Å²) in [6.07, 6.45) is 4.91. The van der Waals surface area contributed by atoms with Gasteiger partial charge in [-0.1, -0.05) is 36.0 Å². The molecule has 0 fully saturated rings. The van der Waals surface area contributed by atoms with E-state index in [1.54, 1.807) is 0 Å². The molecule has 0 unspecified atom stereocenters. The first-order valence-electron chi connectivity index (χ1n) is 7.99. The third-order valence-electron chi connectivity index (χ3n) is 2.80. The summed E-state index contributed by atoms with van der Waals surface area (Å²) in [6.45, 7) is 8.91. The van der Waals surface area contributed by atoms with Crippen molar-refractivity contribution in [2.75, 3.05) is 10.8 Å². The molecule has 0 amide bonds. The SMILES string of the molecule is C=N/N=C(/SCCC/C=C/C(=O)OC(C)(C)C)N(N)c1ccccc1. The number of carbonyl (C=O) groups is 1. The normalized spacial score (nSPS) is 12.2. The van der Waals surface area contributed by atoms with Crippen LogP contribution >= 0.6 is 11.8 Å². The van der Waals surface area contributed by atoms with Gasteiger partial charge in [0.15, 0.2) is 0 Å². The van der Waals surface area contributed by atoms with E-state index in [4.69, 9.17) is 10.6 Å². The van der Waals surface area contributed by atoms with Crippen molar-refractivity contribution < 1.29 is 9.53 Å². The molecule has 0 aliphatic rings. The number of hydrazine groups is 1. The molecule has 2 N–H and O–H groups in total. The van der Waals surface area contributed by atoms with Crippen LogP contribution in [0.1, 0.15) is 33.6 Å². The second-order valence-electron chi connectivity index (χ2n) is 6.16. The lowest BCUT2D eigenvalue weighted by molar-refractivity contribution is -0.148. The van der Waals surface area contributed by atoms with Gasteiger partial charge in [-0.25, -0.2) is 10.6 Å². The van der Waals surface area contributed by atoms with Crippen LogP contribution in [0.25, 0.3) is 0 Å². The van der Waals surface area contributed by atoms with Crippen molar-refractivity contribution in [3.63, 3.8) is 0 Å². The molecule has 1 rings (SSSR count). The minimum Gasteiger partial charge on any atom is -0.457 e. The molecular weight excluding hydrogens is 336 g/mol. The maximum Gasteiger partial charge on any atom is 0.330 e. The van der Waals surface area contributed by atoms with E-state index < -0.39 is 5.60 Å². The van der Waals surface area contributed by atoms with Crippen LogP contribution in [-0.2, 0) is 9.53 Å². The van der Waals surface area contributed by atoms with Gasteiger partial charge in [-0.15, -0.1) is 5.10 Å². The Labute approximate surface area is 153 Å². The largest absolute Gasteiger partial charge is 0.457 e. The number of allylic oxidation sites excluding steroid dienone is 1. The summed E-state index contributed by atoms with van der Waals surface area (Å²) in [7, 11) is 0. The molecule has 0 aliphatic heterocycles. The molecule has 1 aromatic rings. The highest BCUT2D eigenvalue weighted by Crippen LogP contribution is 2.17. The van der Waals surface area contributed by atoms with Crippen LogP contribution in [0.4, 0.5) is 5.69 Å². The molecule has 0 saturated carbocycles. The number of rotatable bonds is 7. The molecule has 0 atom stereocenters. The fourth-order valence-electron chi connectivity index (χ4n) is 1.79. The van der Waals surface area contributed by atoms with E-state index in [9.17, 15) is 4.79 Å². The zero-order valence-corrected chi connectivity index (χ0v) is 15.8. The van der Waals surface area contributed by atoms with Gasteiger partial charge in [-0.2, -0.15) is 5.10 Å². The molecule has 0 aromatic heterocycles. The van der Waals surface area contributed by atoms with Gasteiger partial charge >= 0.3 is 5.97 Å². The van der Waals surface area contributed by atoms with Crippen LogP contribution in [0.5, 0.6) is 0 Å². The molecule has 6 nitrogen and oxygen atoms in total. The molecule has 7 heteroatoms. The van der Waals surface area contributed by atoms with Crippen molar-refractivity contribution in [2.24, 2.45) is 16.0 Å². The maximum atomic E-state index is 11.6. The Bertz CT molecular complexity index is 609. The molecule has 0 spiro atoms. The van der Waals surface area contributed by atoms with Gasteiger partial charge in [-0.05, 0) is 45.7 Å². The van der Waals surface area contributed by atoms with Gasteiger partial charge in [0, 0.05) is 18.5 Å². The fourth-order valence-corrected chi connectivity index (χ4v) is 2.64. The lowest BCUT2D eigenvalue weighted by atomic mass is 10.2. The Hall–Kier alpha value is -2.12. The zero-order valence-electron chi connectivity index (χ0n) is 15.0. The van der Waals surface area contributed by atoms with E-state index in [1.165, 1.54) is 22.8 Å². The summed E-state index contributed by atoms with van der Waals surface area (Å²) in [4.78, 5) is 11.6. The van der Waals surface area contributed by atoms with E-state index in [1.807, 2.05) is 57.2 Å². The van der Waals surface area contributed by atoms with Gasteiger partial charge in [0.1, 0.15) is 5.60 Å². The first-order chi connectivity index (χ1) is 11.8. The molecule has 0 heterocycles. The topological polar surface area (TPSA) is 80.3 Å². The highest BCUT2D eigenvalue weighted by atomic mass is 32.2. The zero-order chi connectivity index (χ0) is 18.7. The number of anilines is 1. The van der Waals surface area contributed by atoms with Crippen molar-refractivity contribution in [2.45, 2.75) is 39.2 Å². The van der Waals surface area contributed by atoms with Crippen molar-refractivity contribution in [1.82, 2.24) is 0 Å². The molecule has 0 saturated heterocycles. The Morgan fingerprint density at radius 3 is 2.64 bits per heavy atom. The number of hydrogen-bond donors (Lipinski definition) is 1. The standard InChI is InChI=1S/C18H26N4O2S/c1-18(2,3)24-16(23)13-9-6-10-14-25-17(21-20-4)22(19)15-11-7-5-8-12-15/h5,7-9,11-13H,4,6,10,14,19H2,1-3H3/b13-9+,21-17+. The van der Waals surface area contributed by atoms with Crippen LogP contribution in [-0.4, -0.2) is 29.2 Å². The van der Waals surface area contributed by atoms with E-state index >= 15 is 0 Å². The van der Waals surface area contributed by atoms with E-state index in [-0.39, 0.29) is 5.97 Å². The molecule has 0 radical (unpaired) electrons. The number of thioether (sulfide) groups is 1. The Morgan fingerprint density at radius 1 is 1.36 bits per heavy atom. The van der Waals surface area contributed by atoms with Crippen LogP contribution in [0.2, 0.25) is 0 Å². The van der Waals surface area contributed by atoms with Gasteiger partial charge < -0.3 is 4.74 Å². The molecular formula is C18H26N4O2S. The average molecular weight is 362 g/mol. The van der Waals surface area contributed by atoms with Crippen molar-refractivity contribution >= 4 is 35.3 Å². The second kappa shape index (κ2) is 10.7. The molecule has 0 aliphatic carbocycles. The van der Waals surface area contributed by atoms with Crippen molar-refractivity contribution in [3.05, 3.63) is 42.5 Å². The highest BCUT2D eigenvalue weighted by molar-refractivity contribution is 8.14. The van der Waals surface area contributed by atoms with Crippen molar-refractivity contribution in [1.29, 1.82) is 0 Å². The summed E-state index contributed by atoms with van der Waals surface area (Å²) in [5.41, 5.74) is 0.352. The minimum atomic E-state index is -0.470. The number of para-hydroxylation sites is 1. The summed E-state index contributed by atoms with van der Waals surface area (Å²) in [5, 5.41) is 9.61. The smallest absolute Gasteiger partial charge is 0.330 e. The number of esters is 1. The number of benzene rings is 1. The van der Waals surface area contributed by atoms with Gasteiger partial charge in [-0.3, -0.25) is 5.01 Å². The average Bonchev–Trinajstić information content (AvgIpc) is 2.55. The lowest BCUT2D eigenvalue weighted by Gasteiger charge is -2.19. The number of unbranched alkanes of at least 4 members (excludes halogenated alkanes) is 1. The van der Waals surface area contributed by atoms with Gasteiger partial charge in [0.25, 0.3) is 0 Å². The van der Waals surface area contributed by atoms with Crippen LogP contribution in [0, 0.1) is 0 Å². The summed E-state index contributed by atoms with van der Waals surface area (Å²) in [6, 6.07) is 9.51. The second-order valence-corrected chi connectivity index (χ2v) is 7.22. The summed E-state index contributed by atoms with van der Waals surface area (Å²) < 4.78 is 5.20. The minimum absolute atomic E-state index is 0.324. The number of nitrogens with two attached hydrogens (primary N) is 1.